The molecule has 2 amide bonds. The molecule has 9 heteroatoms. The number of anilines is 1. The van der Waals surface area contributed by atoms with Crippen molar-refractivity contribution in [3.8, 4) is 0 Å². The second-order valence-electron chi connectivity index (χ2n) is 8.61. The lowest BCUT2D eigenvalue weighted by atomic mass is 9.94. The number of piperazine rings is 1. The highest BCUT2D eigenvalue weighted by molar-refractivity contribution is 6.30. The minimum Gasteiger partial charge on any atom is -0.362 e. The zero-order valence-electron chi connectivity index (χ0n) is 17.1. The van der Waals surface area contributed by atoms with Crippen molar-refractivity contribution in [2.24, 2.45) is 5.41 Å². The molecule has 8 nitrogen and oxygen atoms in total. The fraction of sp³-hybridized carbons (Fsp3) is 0.600. The van der Waals surface area contributed by atoms with E-state index >= 15 is 0 Å². The number of nitro benzene ring substituents is 1. The Hall–Kier alpha value is -2.35. The van der Waals surface area contributed by atoms with Crippen LogP contribution in [0.15, 0.2) is 18.2 Å². The van der Waals surface area contributed by atoms with Gasteiger partial charge in [-0.2, -0.15) is 0 Å². The van der Waals surface area contributed by atoms with Gasteiger partial charge in [-0.1, -0.05) is 32.4 Å². The van der Waals surface area contributed by atoms with Crippen molar-refractivity contribution in [1.82, 2.24) is 9.80 Å². The summed E-state index contributed by atoms with van der Waals surface area (Å²) in [5.41, 5.74) is -0.0401. The first kappa shape index (κ1) is 21.4. The molecular formula is C20H27ClN4O4. The van der Waals surface area contributed by atoms with E-state index < -0.39 is 16.4 Å². The lowest BCUT2D eigenvalue weighted by Crippen LogP contribution is -2.55. The van der Waals surface area contributed by atoms with Crippen molar-refractivity contribution >= 4 is 34.8 Å². The fourth-order valence-corrected chi connectivity index (χ4v) is 4.15. The summed E-state index contributed by atoms with van der Waals surface area (Å²) in [7, 11) is 0. The molecule has 1 aromatic rings. The first-order valence-electron chi connectivity index (χ1n) is 9.88. The number of hydrogen-bond acceptors (Lipinski definition) is 5. The highest BCUT2D eigenvalue weighted by Crippen LogP contribution is 2.32. The van der Waals surface area contributed by atoms with Crippen LogP contribution in [0.1, 0.15) is 33.6 Å². The van der Waals surface area contributed by atoms with Crippen molar-refractivity contribution in [2.45, 2.75) is 39.7 Å². The van der Waals surface area contributed by atoms with Crippen LogP contribution in [0.25, 0.3) is 0 Å². The van der Waals surface area contributed by atoms with Crippen molar-refractivity contribution in [3.63, 3.8) is 0 Å². The Bertz CT molecular complexity index is 815. The number of hydrogen-bond donors (Lipinski definition) is 0. The Morgan fingerprint density at radius 2 is 1.79 bits per heavy atom. The van der Waals surface area contributed by atoms with Crippen molar-refractivity contribution < 1.29 is 14.5 Å². The highest BCUT2D eigenvalue weighted by Gasteiger charge is 2.40. The summed E-state index contributed by atoms with van der Waals surface area (Å²) in [6.45, 7) is 8.14. The maximum absolute atomic E-state index is 13.1. The van der Waals surface area contributed by atoms with Crippen LogP contribution in [0.5, 0.6) is 0 Å². The third kappa shape index (κ3) is 4.47. The van der Waals surface area contributed by atoms with Gasteiger partial charge in [-0.3, -0.25) is 19.7 Å². The molecule has 1 atom stereocenters. The van der Waals surface area contributed by atoms with E-state index in [2.05, 4.69) is 0 Å². The lowest BCUT2D eigenvalue weighted by molar-refractivity contribution is -0.384. The van der Waals surface area contributed by atoms with Gasteiger partial charge in [0.1, 0.15) is 11.7 Å². The number of amides is 2. The van der Waals surface area contributed by atoms with Crippen molar-refractivity contribution in [1.29, 1.82) is 0 Å². The average Bonchev–Trinajstić information content (AvgIpc) is 3.15. The quantitative estimate of drug-likeness (QED) is 0.552. The topological polar surface area (TPSA) is 87.0 Å². The Balaban J connectivity index is 1.67. The first-order chi connectivity index (χ1) is 13.6. The van der Waals surface area contributed by atoms with Crippen LogP contribution in [0, 0.1) is 15.5 Å². The number of likely N-dealkylation sites (tertiary alicyclic amines) is 1. The summed E-state index contributed by atoms with van der Waals surface area (Å²) in [4.78, 5) is 42.1. The molecule has 1 aromatic carbocycles. The monoisotopic (exact) mass is 422 g/mol. The van der Waals surface area contributed by atoms with Crippen LogP contribution >= 0.6 is 11.6 Å². The highest BCUT2D eigenvalue weighted by atomic mass is 35.5. The van der Waals surface area contributed by atoms with E-state index in [4.69, 9.17) is 11.6 Å². The van der Waals surface area contributed by atoms with E-state index in [0.717, 1.165) is 6.42 Å². The predicted octanol–water partition coefficient (Wildman–Crippen LogP) is 2.93. The molecule has 2 saturated heterocycles. The number of nitro groups is 1. The number of carbonyl (C=O) groups excluding carboxylic acids is 2. The van der Waals surface area contributed by atoms with Gasteiger partial charge in [0, 0.05) is 49.2 Å². The Kier molecular flexibility index (Phi) is 6.03. The molecule has 3 rings (SSSR count). The van der Waals surface area contributed by atoms with E-state index in [1.54, 1.807) is 21.9 Å². The molecule has 2 aliphatic rings. The van der Waals surface area contributed by atoms with Crippen LogP contribution in [0.4, 0.5) is 11.4 Å². The third-order valence-electron chi connectivity index (χ3n) is 5.51. The van der Waals surface area contributed by atoms with E-state index in [9.17, 15) is 19.7 Å². The fourth-order valence-electron chi connectivity index (χ4n) is 3.99. The number of rotatable bonds is 3. The Morgan fingerprint density at radius 1 is 1.14 bits per heavy atom. The molecule has 1 unspecified atom stereocenters. The van der Waals surface area contributed by atoms with Gasteiger partial charge in [-0.05, 0) is 25.0 Å². The summed E-state index contributed by atoms with van der Waals surface area (Å²) in [6, 6.07) is 4.23. The van der Waals surface area contributed by atoms with Crippen LogP contribution in [0.2, 0.25) is 5.02 Å². The molecule has 2 fully saturated rings. The van der Waals surface area contributed by atoms with E-state index in [0.29, 0.717) is 49.9 Å². The van der Waals surface area contributed by atoms with E-state index in [1.165, 1.54) is 6.07 Å². The summed E-state index contributed by atoms with van der Waals surface area (Å²) in [5, 5.41) is 11.7. The zero-order valence-corrected chi connectivity index (χ0v) is 17.8. The molecular weight excluding hydrogens is 396 g/mol. The molecule has 29 heavy (non-hydrogen) atoms. The van der Waals surface area contributed by atoms with Gasteiger partial charge in [-0.25, -0.2) is 0 Å². The third-order valence-corrected chi connectivity index (χ3v) is 5.74. The zero-order chi connectivity index (χ0) is 21.3. The standard InChI is InChI=1S/C20H27ClN4O4/c1-20(2,3)19(27)24-8-4-5-16(24)18(26)23-11-9-22(10-12-23)15-7-6-14(21)13-17(15)25(28)29/h6-7,13,16H,4-5,8-12H2,1-3H3. The van der Waals surface area contributed by atoms with Gasteiger partial charge in [0.15, 0.2) is 0 Å². The lowest BCUT2D eigenvalue weighted by Gasteiger charge is -2.39. The maximum atomic E-state index is 13.1. The molecule has 0 N–H and O–H groups in total. The van der Waals surface area contributed by atoms with Crippen LogP contribution in [-0.2, 0) is 9.59 Å². The number of carbonyl (C=O) groups is 2. The second kappa shape index (κ2) is 8.18. The molecule has 0 bridgehead atoms. The summed E-state index contributed by atoms with van der Waals surface area (Å²) in [5.74, 6) is -0.0193. The second-order valence-corrected chi connectivity index (χ2v) is 9.05. The van der Waals surface area contributed by atoms with Crippen molar-refractivity contribution in [2.75, 3.05) is 37.6 Å². The summed E-state index contributed by atoms with van der Waals surface area (Å²) < 4.78 is 0. The van der Waals surface area contributed by atoms with Crippen LogP contribution < -0.4 is 4.90 Å². The molecule has 0 aliphatic carbocycles. The minimum atomic E-state index is -0.519. The average molecular weight is 423 g/mol. The van der Waals surface area contributed by atoms with Gasteiger partial charge >= 0.3 is 0 Å². The van der Waals surface area contributed by atoms with Crippen LogP contribution in [0.3, 0.4) is 0 Å². The number of benzene rings is 1. The molecule has 158 valence electrons. The van der Waals surface area contributed by atoms with Gasteiger partial charge in [0.05, 0.1) is 4.92 Å². The van der Waals surface area contributed by atoms with Gasteiger partial charge in [0.25, 0.3) is 5.69 Å². The first-order valence-corrected chi connectivity index (χ1v) is 10.3. The smallest absolute Gasteiger partial charge is 0.294 e. The number of halogens is 1. The minimum absolute atomic E-state index is 0.00350. The summed E-state index contributed by atoms with van der Waals surface area (Å²) in [6.07, 6.45) is 1.51. The molecule has 2 aliphatic heterocycles. The van der Waals surface area contributed by atoms with E-state index in [1.807, 2.05) is 25.7 Å². The van der Waals surface area contributed by atoms with Gasteiger partial charge in [-0.15, -0.1) is 0 Å². The summed E-state index contributed by atoms with van der Waals surface area (Å²) >= 11 is 5.90. The molecule has 0 aromatic heterocycles. The predicted molar refractivity (Wildman–Crippen MR) is 111 cm³/mol. The normalized spacial score (nSPS) is 20.1. The number of nitrogens with zero attached hydrogens (tertiary/aromatic N) is 4. The molecule has 0 radical (unpaired) electrons. The Morgan fingerprint density at radius 3 is 2.38 bits per heavy atom. The van der Waals surface area contributed by atoms with Crippen LogP contribution in [-0.4, -0.2) is 65.3 Å². The maximum Gasteiger partial charge on any atom is 0.294 e. The SMILES string of the molecule is CC(C)(C)C(=O)N1CCCC1C(=O)N1CCN(c2ccc(Cl)cc2[N+](=O)[O-])CC1. The van der Waals surface area contributed by atoms with Gasteiger partial charge < -0.3 is 14.7 Å². The largest absolute Gasteiger partial charge is 0.362 e. The molecule has 0 spiro atoms. The van der Waals surface area contributed by atoms with Gasteiger partial charge in [0.2, 0.25) is 11.8 Å². The molecule has 0 saturated carbocycles. The molecule has 2 heterocycles. The van der Waals surface area contributed by atoms with E-state index in [-0.39, 0.29) is 17.5 Å². The van der Waals surface area contributed by atoms with Crippen molar-refractivity contribution in [3.05, 3.63) is 33.3 Å². The Labute approximate surface area is 175 Å².